The van der Waals surface area contributed by atoms with Crippen LogP contribution in [0.5, 0.6) is 0 Å². The maximum atomic E-state index is 13.5. The fourth-order valence-electron chi connectivity index (χ4n) is 7.81. The first-order chi connectivity index (χ1) is 16.7. The first-order valence-corrected chi connectivity index (χ1v) is 14.3. The van der Waals surface area contributed by atoms with E-state index in [1.165, 1.54) is 0 Å². The summed E-state index contributed by atoms with van der Waals surface area (Å²) in [6, 6.07) is 3.99. The summed E-state index contributed by atoms with van der Waals surface area (Å²) in [4.78, 5) is 32.0. The number of aliphatic carboxylic acids is 1. The lowest BCUT2D eigenvalue weighted by Crippen LogP contribution is -2.61. The van der Waals surface area contributed by atoms with Gasteiger partial charge in [-0.15, -0.1) is 11.8 Å². The number of hydrogen-bond acceptors (Lipinski definition) is 6. The van der Waals surface area contributed by atoms with Crippen LogP contribution < -0.4 is 10.2 Å². The Morgan fingerprint density at radius 2 is 1.86 bits per heavy atom. The number of fused-ring (bicyclic) bond motifs is 1. The van der Waals surface area contributed by atoms with E-state index in [2.05, 4.69) is 24.1 Å². The van der Waals surface area contributed by atoms with Crippen LogP contribution in [-0.2, 0) is 4.79 Å². The van der Waals surface area contributed by atoms with Gasteiger partial charge >= 0.3 is 5.97 Å². The lowest BCUT2D eigenvalue weighted by molar-refractivity contribution is -0.139. The number of carboxylic acid groups (broad SMARTS) is 1. The first kappa shape index (κ1) is 23.6. The van der Waals surface area contributed by atoms with Gasteiger partial charge in [0.2, 0.25) is 0 Å². The number of carboxylic acids is 1. The van der Waals surface area contributed by atoms with Crippen molar-refractivity contribution in [2.45, 2.75) is 69.0 Å². The number of carbonyl (C=O) groups is 2. The molecule has 8 heteroatoms. The van der Waals surface area contributed by atoms with Crippen molar-refractivity contribution in [3.63, 3.8) is 0 Å². The van der Waals surface area contributed by atoms with Gasteiger partial charge in [0, 0.05) is 19.1 Å². The Bertz CT molecular complexity index is 1000. The number of anilines is 1. The Morgan fingerprint density at radius 3 is 2.46 bits per heavy atom. The van der Waals surface area contributed by atoms with Crippen LogP contribution in [0.2, 0.25) is 0 Å². The fourth-order valence-corrected chi connectivity index (χ4v) is 9.06. The highest BCUT2D eigenvalue weighted by Crippen LogP contribution is 2.56. The highest BCUT2D eigenvalue weighted by molar-refractivity contribution is 7.99. The number of hydrogen-bond donors (Lipinski definition) is 3. The van der Waals surface area contributed by atoms with Gasteiger partial charge in [0.1, 0.15) is 10.8 Å². The topological polar surface area (TPSA) is 103 Å². The van der Waals surface area contributed by atoms with Crippen LogP contribution in [-0.4, -0.2) is 57.6 Å². The Hall–Kier alpha value is -1.80. The van der Waals surface area contributed by atoms with E-state index in [0.717, 1.165) is 68.2 Å². The minimum atomic E-state index is -0.679. The molecule has 1 aromatic heterocycles. The zero-order valence-corrected chi connectivity index (χ0v) is 21.5. The molecular formula is C27H37N3O4S. The molecule has 0 radical (unpaired) electrons. The second-order valence-corrected chi connectivity index (χ2v) is 13.4. The number of nitrogens with one attached hydrogen (secondary N) is 1. The molecule has 7 rings (SSSR count). The van der Waals surface area contributed by atoms with E-state index < -0.39 is 11.6 Å². The SMILES string of the molecule is CC(C)CCSc1nc(N2C[C@@H]3C(C(=O)O)[C@@H]3C2)ccc1C(=O)N[C@H]1C2CC3CC1C[C@@](O)(C3)C2. The number of rotatable bonds is 8. The summed E-state index contributed by atoms with van der Waals surface area (Å²) < 4.78 is 0. The zero-order chi connectivity index (χ0) is 24.5. The average molecular weight is 500 g/mol. The summed E-state index contributed by atoms with van der Waals surface area (Å²) in [5, 5.41) is 24.4. The van der Waals surface area contributed by atoms with Crippen molar-refractivity contribution in [2.75, 3.05) is 23.7 Å². The molecule has 5 aliphatic carbocycles. The van der Waals surface area contributed by atoms with Crippen LogP contribution in [0.4, 0.5) is 5.82 Å². The number of pyridine rings is 1. The fraction of sp³-hybridized carbons (Fsp3) is 0.741. The molecule has 1 aliphatic heterocycles. The van der Waals surface area contributed by atoms with E-state index in [0.29, 0.717) is 29.2 Å². The van der Waals surface area contributed by atoms with E-state index in [1.807, 2.05) is 12.1 Å². The highest BCUT2D eigenvalue weighted by atomic mass is 32.2. The molecule has 7 nitrogen and oxygen atoms in total. The number of aromatic nitrogens is 1. The molecule has 5 saturated carbocycles. The number of aliphatic hydroxyl groups is 1. The van der Waals surface area contributed by atoms with Crippen molar-refractivity contribution in [3.05, 3.63) is 17.7 Å². The molecule has 1 aromatic rings. The van der Waals surface area contributed by atoms with Gasteiger partial charge in [0.25, 0.3) is 5.91 Å². The lowest BCUT2D eigenvalue weighted by Gasteiger charge is -2.58. The van der Waals surface area contributed by atoms with Gasteiger partial charge in [-0.3, -0.25) is 9.59 Å². The normalized spacial score (nSPS) is 38.6. The molecule has 3 unspecified atom stereocenters. The van der Waals surface area contributed by atoms with Gasteiger partial charge in [-0.05, 0) is 91.9 Å². The summed E-state index contributed by atoms with van der Waals surface area (Å²) in [6.07, 6.45) is 5.85. The molecule has 35 heavy (non-hydrogen) atoms. The van der Waals surface area contributed by atoms with Crippen molar-refractivity contribution >= 4 is 29.5 Å². The first-order valence-electron chi connectivity index (χ1n) is 13.4. The molecule has 1 amide bonds. The summed E-state index contributed by atoms with van der Waals surface area (Å²) >= 11 is 1.65. The predicted molar refractivity (Wildman–Crippen MR) is 134 cm³/mol. The monoisotopic (exact) mass is 499 g/mol. The maximum absolute atomic E-state index is 13.5. The Balaban J connectivity index is 1.18. The van der Waals surface area contributed by atoms with Crippen molar-refractivity contribution in [1.29, 1.82) is 0 Å². The van der Waals surface area contributed by atoms with E-state index >= 15 is 0 Å². The molecule has 0 spiro atoms. The van der Waals surface area contributed by atoms with Crippen LogP contribution in [0, 0.1) is 41.4 Å². The summed E-state index contributed by atoms with van der Waals surface area (Å²) in [5.74, 6) is 3.22. The maximum Gasteiger partial charge on any atom is 0.307 e. The zero-order valence-electron chi connectivity index (χ0n) is 20.7. The van der Waals surface area contributed by atoms with Crippen molar-refractivity contribution in [3.8, 4) is 0 Å². The van der Waals surface area contributed by atoms with Crippen molar-refractivity contribution < 1.29 is 19.8 Å². The van der Waals surface area contributed by atoms with Crippen LogP contribution in [0.3, 0.4) is 0 Å². The standard InChI is InChI=1S/C27H37N3O4S/c1-14(2)5-6-35-25-18(3-4-21(28-25)30-12-19-20(13-30)22(19)26(32)33)24(31)29-23-16-7-15-8-17(23)11-27(34,9-15)10-16/h3-4,14-17,19-20,22-23,34H,5-13H2,1-2H3,(H,29,31)(H,32,33)/t15?,16?,17?,19-,20+,22?,23-,27+. The van der Waals surface area contributed by atoms with Gasteiger partial charge in [-0.2, -0.15) is 0 Å². The van der Waals surface area contributed by atoms with Crippen LogP contribution >= 0.6 is 11.8 Å². The highest BCUT2D eigenvalue weighted by Gasteiger charge is 2.60. The molecule has 4 bridgehead atoms. The molecule has 1 saturated heterocycles. The summed E-state index contributed by atoms with van der Waals surface area (Å²) in [7, 11) is 0. The van der Waals surface area contributed by atoms with Gasteiger partial charge in [-0.1, -0.05) is 13.8 Å². The quantitative estimate of drug-likeness (QED) is 0.469. The van der Waals surface area contributed by atoms with Gasteiger partial charge < -0.3 is 20.4 Å². The molecular weight excluding hydrogens is 462 g/mol. The van der Waals surface area contributed by atoms with Crippen LogP contribution in [0.1, 0.15) is 62.7 Å². The van der Waals surface area contributed by atoms with E-state index in [9.17, 15) is 19.8 Å². The molecule has 0 aromatic carbocycles. The lowest BCUT2D eigenvalue weighted by atomic mass is 9.52. The third-order valence-corrected chi connectivity index (χ3v) is 10.4. The molecule has 3 N–H and O–H groups in total. The molecule has 5 atom stereocenters. The number of thioether (sulfide) groups is 1. The number of amides is 1. The van der Waals surface area contributed by atoms with Gasteiger partial charge in [0.05, 0.1) is 17.1 Å². The Labute approximate surface area is 211 Å². The Kier molecular flexibility index (Phi) is 5.83. The summed E-state index contributed by atoms with van der Waals surface area (Å²) in [6.45, 7) is 5.86. The predicted octanol–water partition coefficient (Wildman–Crippen LogP) is 3.66. The minimum Gasteiger partial charge on any atom is -0.481 e. The van der Waals surface area contributed by atoms with Crippen molar-refractivity contribution in [1.82, 2.24) is 10.3 Å². The molecule has 190 valence electrons. The Morgan fingerprint density at radius 1 is 1.17 bits per heavy atom. The van der Waals surface area contributed by atoms with E-state index in [1.54, 1.807) is 11.8 Å². The molecule has 2 heterocycles. The van der Waals surface area contributed by atoms with Gasteiger partial charge in [0.15, 0.2) is 0 Å². The smallest absolute Gasteiger partial charge is 0.307 e. The average Bonchev–Trinajstić information content (AvgIpc) is 3.29. The van der Waals surface area contributed by atoms with Crippen molar-refractivity contribution in [2.24, 2.45) is 41.4 Å². The second-order valence-electron chi connectivity index (χ2n) is 12.3. The largest absolute Gasteiger partial charge is 0.481 e. The molecule has 6 fully saturated rings. The third-order valence-electron chi connectivity index (χ3n) is 9.37. The van der Waals surface area contributed by atoms with E-state index in [4.69, 9.17) is 4.98 Å². The minimum absolute atomic E-state index is 0.0456. The second kappa shape index (κ2) is 8.65. The van der Waals surface area contributed by atoms with Gasteiger partial charge in [-0.25, -0.2) is 4.98 Å². The summed E-state index contributed by atoms with van der Waals surface area (Å²) in [5.41, 5.74) is 0.136. The number of nitrogens with zero attached hydrogens (tertiary/aromatic N) is 2. The molecule has 6 aliphatic rings. The third kappa shape index (κ3) is 4.35. The number of carbonyl (C=O) groups excluding carboxylic acids is 1. The van der Waals surface area contributed by atoms with Crippen LogP contribution in [0.15, 0.2) is 17.2 Å². The van der Waals surface area contributed by atoms with Crippen LogP contribution in [0.25, 0.3) is 0 Å². The van der Waals surface area contributed by atoms with E-state index in [-0.39, 0.29) is 29.7 Å². The number of piperidine rings is 1.